The van der Waals surface area contributed by atoms with Crippen molar-refractivity contribution in [3.63, 3.8) is 0 Å². The summed E-state index contributed by atoms with van der Waals surface area (Å²) in [4.78, 5) is 11.3. The number of carbonyl (C=O) groups excluding carboxylic acids is 1. The third-order valence-electron chi connectivity index (χ3n) is 2.69. The summed E-state index contributed by atoms with van der Waals surface area (Å²) < 4.78 is 58.3. The van der Waals surface area contributed by atoms with E-state index in [9.17, 15) is 22.4 Å². The maximum Gasteiger partial charge on any atom is 0.445 e. The molecule has 0 fully saturated rings. The molecule has 1 aliphatic rings. The van der Waals surface area contributed by atoms with Crippen LogP contribution >= 0.6 is 0 Å². The molecule has 0 saturated carbocycles. The number of carbonyl (C=O) groups is 1. The van der Waals surface area contributed by atoms with Gasteiger partial charge in [0.15, 0.2) is 0 Å². The van der Waals surface area contributed by atoms with E-state index in [4.69, 9.17) is 0 Å². The minimum atomic E-state index is -5.07. The van der Waals surface area contributed by atoms with Gasteiger partial charge in [0.1, 0.15) is 5.82 Å². The second kappa shape index (κ2) is 4.71. The van der Waals surface area contributed by atoms with Gasteiger partial charge in [0.2, 0.25) is 0 Å². The van der Waals surface area contributed by atoms with Crippen molar-refractivity contribution in [3.8, 4) is 11.8 Å². The molecule has 1 aromatic rings. The lowest BCUT2D eigenvalue weighted by Gasteiger charge is -2.35. The molecule has 1 atom stereocenters. The molecule has 1 amide bonds. The minimum Gasteiger partial charge on any atom is -0.415 e. The molecule has 7 heteroatoms. The van der Waals surface area contributed by atoms with Gasteiger partial charge < -0.3 is 4.74 Å². The molecule has 2 rings (SSSR count). The van der Waals surface area contributed by atoms with Gasteiger partial charge in [-0.05, 0) is 18.1 Å². The van der Waals surface area contributed by atoms with Crippen LogP contribution in [-0.2, 0) is 10.3 Å². The highest BCUT2D eigenvalue weighted by molar-refractivity contribution is 5.89. The molecular weight excluding hydrogens is 278 g/mol. The van der Waals surface area contributed by atoms with E-state index < -0.39 is 29.3 Å². The number of hydrogen-bond donors (Lipinski definition) is 1. The Morgan fingerprint density at radius 3 is 2.70 bits per heavy atom. The fourth-order valence-corrected chi connectivity index (χ4v) is 1.88. The normalized spacial score (nSPS) is 21.1. The summed E-state index contributed by atoms with van der Waals surface area (Å²) in [7, 11) is 0. The van der Waals surface area contributed by atoms with Crippen molar-refractivity contribution < 1.29 is 27.1 Å². The molecule has 0 aliphatic carbocycles. The molecule has 0 saturated heterocycles. The van der Waals surface area contributed by atoms with Gasteiger partial charge in [-0.25, -0.2) is 9.18 Å². The lowest BCUT2D eigenvalue weighted by Crippen LogP contribution is -2.50. The first kappa shape index (κ1) is 14.2. The van der Waals surface area contributed by atoms with Crippen LogP contribution in [0.5, 0.6) is 0 Å². The topological polar surface area (TPSA) is 38.3 Å². The zero-order valence-electron chi connectivity index (χ0n) is 10.3. The SMILES string of the molecule is CCC#C[C@]1(C(F)(F)F)OC(=O)Nc2cccc(F)c21. The third-order valence-corrected chi connectivity index (χ3v) is 2.69. The first-order valence-electron chi connectivity index (χ1n) is 5.67. The van der Waals surface area contributed by atoms with E-state index in [2.05, 4.69) is 10.7 Å². The Morgan fingerprint density at radius 2 is 2.10 bits per heavy atom. The van der Waals surface area contributed by atoms with Crippen LogP contribution in [0.1, 0.15) is 18.9 Å². The molecule has 20 heavy (non-hydrogen) atoms. The van der Waals surface area contributed by atoms with Gasteiger partial charge in [0, 0.05) is 6.42 Å². The molecule has 3 nitrogen and oxygen atoms in total. The molecule has 106 valence electrons. The number of amides is 1. The molecule has 1 heterocycles. The molecule has 0 bridgehead atoms. The Kier molecular flexibility index (Phi) is 3.34. The molecule has 1 aliphatic heterocycles. The van der Waals surface area contributed by atoms with Gasteiger partial charge in [-0.3, -0.25) is 5.32 Å². The third kappa shape index (κ3) is 2.07. The second-order valence-electron chi connectivity index (χ2n) is 4.01. The summed E-state index contributed by atoms with van der Waals surface area (Å²) in [5, 5.41) is 2.04. The maximum atomic E-state index is 13.9. The lowest BCUT2D eigenvalue weighted by molar-refractivity contribution is -0.240. The highest BCUT2D eigenvalue weighted by Gasteiger charge is 2.63. The highest BCUT2D eigenvalue weighted by atomic mass is 19.4. The van der Waals surface area contributed by atoms with Gasteiger partial charge in [-0.15, -0.1) is 0 Å². The number of cyclic esters (lactones) is 1. The summed E-state index contributed by atoms with van der Waals surface area (Å²) in [6.07, 6.45) is -6.29. The standard InChI is InChI=1S/C13H9F4NO2/c1-2-3-7-12(13(15,16)17)10-8(14)5-4-6-9(10)18-11(19)20-12/h4-6H,2H2,1H3,(H,18,19)/t12-/m0/s1. The smallest absolute Gasteiger partial charge is 0.415 e. The van der Waals surface area contributed by atoms with Crippen molar-refractivity contribution in [1.82, 2.24) is 0 Å². The van der Waals surface area contributed by atoms with E-state index in [1.807, 2.05) is 11.2 Å². The Morgan fingerprint density at radius 1 is 1.40 bits per heavy atom. The molecule has 0 spiro atoms. The quantitative estimate of drug-likeness (QED) is 0.585. The van der Waals surface area contributed by atoms with E-state index in [1.54, 1.807) is 0 Å². The second-order valence-corrected chi connectivity index (χ2v) is 4.01. The average Bonchev–Trinajstić information content (AvgIpc) is 2.34. The van der Waals surface area contributed by atoms with Gasteiger partial charge in [-0.2, -0.15) is 13.2 Å². The Hall–Kier alpha value is -2.23. The Balaban J connectivity index is 2.79. The van der Waals surface area contributed by atoms with Crippen molar-refractivity contribution >= 4 is 11.8 Å². The van der Waals surface area contributed by atoms with Crippen LogP contribution in [0.2, 0.25) is 0 Å². The van der Waals surface area contributed by atoms with Gasteiger partial charge >= 0.3 is 12.3 Å². The summed E-state index contributed by atoms with van der Waals surface area (Å²) in [6.45, 7) is 1.53. The first-order valence-corrected chi connectivity index (χ1v) is 5.67. The summed E-state index contributed by atoms with van der Waals surface area (Å²) in [6, 6.07) is 3.20. The lowest BCUT2D eigenvalue weighted by atomic mass is 9.90. The van der Waals surface area contributed by atoms with E-state index in [1.165, 1.54) is 13.0 Å². The minimum absolute atomic E-state index is 0.104. The Labute approximate surface area is 111 Å². The zero-order valence-corrected chi connectivity index (χ0v) is 10.3. The van der Waals surface area contributed by atoms with Crippen molar-refractivity contribution in [2.24, 2.45) is 0 Å². The number of nitrogens with one attached hydrogen (secondary N) is 1. The van der Waals surface area contributed by atoms with Crippen LogP contribution < -0.4 is 5.32 Å². The van der Waals surface area contributed by atoms with Crippen LogP contribution in [0.4, 0.5) is 28.0 Å². The fraction of sp³-hybridized carbons (Fsp3) is 0.308. The summed E-state index contributed by atoms with van der Waals surface area (Å²) in [5.74, 6) is 2.92. The average molecular weight is 287 g/mol. The largest absolute Gasteiger partial charge is 0.445 e. The fourth-order valence-electron chi connectivity index (χ4n) is 1.88. The number of rotatable bonds is 0. The van der Waals surface area contributed by atoms with Crippen LogP contribution in [0, 0.1) is 17.7 Å². The number of benzene rings is 1. The van der Waals surface area contributed by atoms with Crippen LogP contribution in [0.25, 0.3) is 0 Å². The molecule has 0 unspecified atom stereocenters. The molecule has 1 aromatic carbocycles. The van der Waals surface area contributed by atoms with Crippen molar-refractivity contribution in [3.05, 3.63) is 29.6 Å². The monoisotopic (exact) mass is 287 g/mol. The van der Waals surface area contributed by atoms with Crippen molar-refractivity contribution in [2.75, 3.05) is 5.32 Å². The zero-order chi connectivity index (χ0) is 15.0. The molecule has 1 N–H and O–H groups in total. The van der Waals surface area contributed by atoms with E-state index in [0.29, 0.717) is 0 Å². The van der Waals surface area contributed by atoms with E-state index >= 15 is 0 Å². The summed E-state index contributed by atoms with van der Waals surface area (Å²) in [5.41, 5.74) is -4.41. The van der Waals surface area contributed by atoms with Crippen LogP contribution in [0.3, 0.4) is 0 Å². The van der Waals surface area contributed by atoms with Crippen molar-refractivity contribution in [2.45, 2.75) is 25.1 Å². The number of hydrogen-bond acceptors (Lipinski definition) is 2. The highest BCUT2D eigenvalue weighted by Crippen LogP contribution is 2.48. The number of alkyl halides is 3. The van der Waals surface area contributed by atoms with Crippen LogP contribution in [0.15, 0.2) is 18.2 Å². The van der Waals surface area contributed by atoms with E-state index in [-0.39, 0.29) is 12.1 Å². The van der Waals surface area contributed by atoms with E-state index in [0.717, 1.165) is 12.1 Å². The van der Waals surface area contributed by atoms with Gasteiger partial charge in [-0.1, -0.05) is 18.9 Å². The van der Waals surface area contributed by atoms with Crippen molar-refractivity contribution in [1.29, 1.82) is 0 Å². The first-order chi connectivity index (χ1) is 9.32. The van der Waals surface area contributed by atoms with Crippen LogP contribution in [-0.4, -0.2) is 12.3 Å². The number of ether oxygens (including phenoxy) is 1. The molecule has 0 aromatic heterocycles. The Bertz CT molecular complexity index is 615. The van der Waals surface area contributed by atoms with Gasteiger partial charge in [0.25, 0.3) is 5.60 Å². The predicted octanol–water partition coefficient (Wildman–Crippen LogP) is 3.56. The number of halogens is 4. The maximum absolute atomic E-state index is 13.9. The van der Waals surface area contributed by atoms with Gasteiger partial charge in [0.05, 0.1) is 11.3 Å². The predicted molar refractivity (Wildman–Crippen MR) is 62.3 cm³/mol. The number of fused-ring (bicyclic) bond motifs is 1. The number of anilines is 1. The summed E-state index contributed by atoms with van der Waals surface area (Å²) >= 11 is 0. The molecular formula is C13H9F4NO2. The molecule has 0 radical (unpaired) electrons.